The lowest BCUT2D eigenvalue weighted by atomic mass is 10.1. The number of anilines is 1. The maximum absolute atomic E-state index is 12.8. The van der Waals surface area contributed by atoms with Gasteiger partial charge in [-0.2, -0.15) is 0 Å². The van der Waals surface area contributed by atoms with Crippen LogP contribution in [0.25, 0.3) is 27.5 Å². The summed E-state index contributed by atoms with van der Waals surface area (Å²) >= 11 is 1.66. The van der Waals surface area contributed by atoms with Crippen LogP contribution in [0, 0.1) is 5.92 Å². The van der Waals surface area contributed by atoms with Crippen LogP contribution in [0.3, 0.4) is 0 Å². The Morgan fingerprint density at radius 3 is 2.50 bits per heavy atom. The summed E-state index contributed by atoms with van der Waals surface area (Å²) in [6, 6.07) is 12.4. The monoisotopic (exact) mass is 449 g/mol. The molecule has 0 bridgehead atoms. The number of nitrogens with zero attached hydrogens (tertiary/aromatic N) is 1. The summed E-state index contributed by atoms with van der Waals surface area (Å²) < 4.78 is 5.80. The second-order valence-electron chi connectivity index (χ2n) is 8.97. The Hall–Kier alpha value is -2.33. The molecule has 1 aromatic carbocycles. The van der Waals surface area contributed by atoms with Gasteiger partial charge in [-0.15, -0.1) is 11.3 Å². The number of benzene rings is 1. The van der Waals surface area contributed by atoms with E-state index in [0.717, 1.165) is 35.0 Å². The molecule has 0 aliphatic heterocycles. The van der Waals surface area contributed by atoms with E-state index in [-0.39, 0.29) is 5.63 Å². The lowest BCUT2D eigenvalue weighted by Gasteiger charge is -2.24. The summed E-state index contributed by atoms with van der Waals surface area (Å²) in [5.74, 6) is 0.717. The van der Waals surface area contributed by atoms with Crippen molar-refractivity contribution in [1.82, 2.24) is 0 Å². The Morgan fingerprint density at radius 1 is 1.03 bits per heavy atom. The summed E-state index contributed by atoms with van der Waals surface area (Å²) in [5.41, 5.74) is 2.22. The molecule has 0 N–H and O–H groups in total. The number of rotatable bonds is 10. The molecule has 1 aliphatic carbocycles. The second kappa shape index (κ2) is 11.0. The molecule has 2 heterocycles. The summed E-state index contributed by atoms with van der Waals surface area (Å²) in [4.78, 5) is 17.4. The molecule has 170 valence electrons. The molecule has 2 aromatic heterocycles. The van der Waals surface area contributed by atoms with Crippen LogP contribution in [-0.4, -0.2) is 13.1 Å². The van der Waals surface area contributed by atoms with Gasteiger partial charge < -0.3 is 9.32 Å². The van der Waals surface area contributed by atoms with Crippen molar-refractivity contribution in [3.8, 4) is 10.4 Å². The van der Waals surface area contributed by atoms with Crippen molar-refractivity contribution in [3.05, 3.63) is 57.8 Å². The highest BCUT2D eigenvalue weighted by molar-refractivity contribution is 7.16. The van der Waals surface area contributed by atoms with Crippen LogP contribution >= 0.6 is 11.3 Å². The van der Waals surface area contributed by atoms with Gasteiger partial charge in [-0.25, -0.2) is 4.79 Å². The highest BCUT2D eigenvalue weighted by Crippen LogP contribution is 2.32. The summed E-state index contributed by atoms with van der Waals surface area (Å²) in [6.07, 6.45) is 14.6. The van der Waals surface area contributed by atoms with Crippen LogP contribution in [0.15, 0.2) is 51.7 Å². The van der Waals surface area contributed by atoms with E-state index in [1.807, 2.05) is 18.2 Å². The number of hydrogen-bond acceptors (Lipinski definition) is 4. The van der Waals surface area contributed by atoms with Gasteiger partial charge in [0.25, 0.3) is 0 Å². The first-order chi connectivity index (χ1) is 15.7. The van der Waals surface area contributed by atoms with Crippen molar-refractivity contribution in [3.63, 3.8) is 0 Å². The quantitative estimate of drug-likeness (QED) is 0.293. The van der Waals surface area contributed by atoms with E-state index in [4.69, 9.17) is 4.42 Å². The second-order valence-corrected chi connectivity index (χ2v) is 10.1. The molecule has 0 atom stereocenters. The Kier molecular flexibility index (Phi) is 7.85. The lowest BCUT2D eigenvalue weighted by Crippen LogP contribution is -2.25. The number of allylic oxidation sites excluding steroid dienone is 1. The zero-order valence-electron chi connectivity index (χ0n) is 19.4. The van der Waals surface area contributed by atoms with Gasteiger partial charge in [-0.05, 0) is 68.0 Å². The van der Waals surface area contributed by atoms with Gasteiger partial charge in [-0.3, -0.25) is 0 Å². The van der Waals surface area contributed by atoms with Gasteiger partial charge in [0, 0.05) is 40.0 Å². The molecule has 0 saturated heterocycles. The predicted octanol–water partition coefficient (Wildman–Crippen LogP) is 8.13. The molecule has 4 heteroatoms. The number of fused-ring (bicyclic) bond motifs is 1. The van der Waals surface area contributed by atoms with E-state index in [1.54, 1.807) is 11.3 Å². The highest BCUT2D eigenvalue weighted by atomic mass is 32.1. The van der Waals surface area contributed by atoms with Gasteiger partial charge in [-0.1, -0.05) is 45.6 Å². The minimum absolute atomic E-state index is 0.253. The SMILES string of the molecule is CCCCN(CCCC)c1ccc2cc(-c3ccc(/C=C/C4CCCC4)s3)c(=O)oc2c1. The van der Waals surface area contributed by atoms with E-state index in [1.165, 1.54) is 56.2 Å². The van der Waals surface area contributed by atoms with Crippen molar-refractivity contribution in [2.45, 2.75) is 65.2 Å². The Balaban J connectivity index is 1.57. The minimum Gasteiger partial charge on any atom is -0.422 e. The van der Waals surface area contributed by atoms with E-state index in [2.05, 4.69) is 49.1 Å². The van der Waals surface area contributed by atoms with Crippen molar-refractivity contribution >= 4 is 34.1 Å². The smallest absolute Gasteiger partial charge is 0.345 e. The molecule has 0 unspecified atom stereocenters. The van der Waals surface area contributed by atoms with Crippen molar-refractivity contribution in [2.24, 2.45) is 5.92 Å². The fraction of sp³-hybridized carbons (Fsp3) is 0.464. The molecule has 4 rings (SSSR count). The van der Waals surface area contributed by atoms with Crippen LogP contribution in [-0.2, 0) is 0 Å². The predicted molar refractivity (Wildman–Crippen MR) is 139 cm³/mol. The molecule has 1 saturated carbocycles. The van der Waals surface area contributed by atoms with Crippen molar-refractivity contribution in [2.75, 3.05) is 18.0 Å². The van der Waals surface area contributed by atoms with Crippen LogP contribution in [0.5, 0.6) is 0 Å². The molecule has 0 spiro atoms. The van der Waals surface area contributed by atoms with E-state index in [0.29, 0.717) is 11.1 Å². The fourth-order valence-corrected chi connectivity index (χ4v) is 5.43. The molecule has 32 heavy (non-hydrogen) atoms. The Labute approximate surface area is 195 Å². The third-order valence-corrected chi connectivity index (χ3v) is 7.56. The van der Waals surface area contributed by atoms with E-state index in [9.17, 15) is 4.79 Å². The average Bonchev–Trinajstić information content (AvgIpc) is 3.49. The maximum atomic E-state index is 12.8. The maximum Gasteiger partial charge on any atom is 0.345 e. The topological polar surface area (TPSA) is 33.5 Å². The summed E-state index contributed by atoms with van der Waals surface area (Å²) in [6.45, 7) is 6.52. The fourth-order valence-electron chi connectivity index (χ4n) is 4.50. The molecule has 0 radical (unpaired) electrons. The first-order valence-corrected chi connectivity index (χ1v) is 13.1. The average molecular weight is 450 g/mol. The van der Waals surface area contributed by atoms with E-state index < -0.39 is 0 Å². The van der Waals surface area contributed by atoms with Crippen LogP contribution in [0.4, 0.5) is 5.69 Å². The summed E-state index contributed by atoms with van der Waals surface area (Å²) in [7, 11) is 0. The normalized spacial score (nSPS) is 14.7. The molecule has 3 aromatic rings. The van der Waals surface area contributed by atoms with E-state index >= 15 is 0 Å². The molecular weight excluding hydrogens is 414 g/mol. The van der Waals surface area contributed by atoms with Gasteiger partial charge in [0.15, 0.2) is 0 Å². The highest BCUT2D eigenvalue weighted by Gasteiger charge is 2.14. The van der Waals surface area contributed by atoms with Crippen molar-refractivity contribution < 1.29 is 4.42 Å². The third kappa shape index (κ3) is 5.53. The van der Waals surface area contributed by atoms with Crippen LogP contribution < -0.4 is 10.5 Å². The first-order valence-electron chi connectivity index (χ1n) is 12.3. The zero-order chi connectivity index (χ0) is 22.3. The zero-order valence-corrected chi connectivity index (χ0v) is 20.3. The van der Waals surface area contributed by atoms with Gasteiger partial charge in [0.2, 0.25) is 0 Å². The number of thiophene rings is 1. The van der Waals surface area contributed by atoms with Gasteiger partial charge >= 0.3 is 5.63 Å². The standard InChI is InChI=1S/C28H35NO2S/c1-3-5-17-29(18-6-4-2)23-13-12-22-19-25(28(30)31-26(22)20-23)27-16-15-24(32-27)14-11-21-9-7-8-10-21/h11-16,19-21H,3-10,17-18H2,1-2H3/b14-11+. The van der Waals surface area contributed by atoms with Gasteiger partial charge in [0.1, 0.15) is 5.58 Å². The van der Waals surface area contributed by atoms with Crippen LogP contribution in [0.2, 0.25) is 0 Å². The van der Waals surface area contributed by atoms with Crippen LogP contribution in [0.1, 0.15) is 70.1 Å². The molecule has 1 aliphatic rings. The number of unbranched alkanes of at least 4 members (excludes halogenated alkanes) is 2. The molecule has 0 amide bonds. The minimum atomic E-state index is -0.253. The van der Waals surface area contributed by atoms with Crippen molar-refractivity contribution in [1.29, 1.82) is 0 Å². The lowest BCUT2D eigenvalue weighted by molar-refractivity contribution is 0.563. The largest absolute Gasteiger partial charge is 0.422 e. The first kappa shape index (κ1) is 22.8. The summed E-state index contributed by atoms with van der Waals surface area (Å²) in [5, 5.41) is 0.978. The third-order valence-electron chi connectivity index (χ3n) is 6.47. The van der Waals surface area contributed by atoms with Gasteiger partial charge in [0.05, 0.1) is 5.56 Å². The molecule has 3 nitrogen and oxygen atoms in total. The molecular formula is C28H35NO2S. The Morgan fingerprint density at radius 2 is 1.78 bits per heavy atom. The molecule has 1 fully saturated rings. The number of hydrogen-bond donors (Lipinski definition) is 0. The Bertz CT molecular complexity index is 1100.